The maximum absolute atomic E-state index is 12.0. The highest BCUT2D eigenvalue weighted by Crippen LogP contribution is 2.20. The lowest BCUT2D eigenvalue weighted by atomic mass is 10.1. The second kappa shape index (κ2) is 7.40. The number of nitrogens with two attached hydrogens (primary N) is 1. The number of amides is 1. The monoisotopic (exact) mass is 353 g/mol. The number of esters is 1. The maximum atomic E-state index is 12.0. The van der Waals surface area contributed by atoms with Gasteiger partial charge in [-0.05, 0) is 6.07 Å². The second-order valence-corrected chi connectivity index (χ2v) is 6.16. The third kappa shape index (κ3) is 3.75. The van der Waals surface area contributed by atoms with Crippen molar-refractivity contribution >= 4 is 29.9 Å². The Kier molecular flexibility index (Phi) is 5.04. The molecule has 0 aliphatic carbocycles. The van der Waals surface area contributed by atoms with E-state index in [1.807, 2.05) is 18.2 Å². The van der Waals surface area contributed by atoms with E-state index in [-0.39, 0.29) is 17.8 Å². The minimum absolute atomic E-state index is 0.0824. The van der Waals surface area contributed by atoms with E-state index in [1.54, 1.807) is 26.1 Å². The molecule has 2 heterocycles. The number of benzene rings is 1. The van der Waals surface area contributed by atoms with Crippen molar-refractivity contribution in [2.24, 2.45) is 26.6 Å². The number of nitrogens with one attached hydrogen (secondary N) is 1. The molecule has 8 heteroatoms. The molecule has 8 nitrogen and oxygen atoms in total. The van der Waals surface area contributed by atoms with Crippen LogP contribution in [0, 0.1) is 5.92 Å². The minimum atomic E-state index is -0.437. The Balaban J connectivity index is 1.67. The van der Waals surface area contributed by atoms with Crippen LogP contribution in [0.1, 0.15) is 19.4 Å². The van der Waals surface area contributed by atoms with Crippen molar-refractivity contribution in [2.45, 2.75) is 20.4 Å². The van der Waals surface area contributed by atoms with Crippen LogP contribution in [0.2, 0.25) is 0 Å². The minimum Gasteiger partial charge on any atom is -0.426 e. The average Bonchev–Trinajstić information content (AvgIpc) is 2.99. The fourth-order valence-electron chi connectivity index (χ4n) is 2.46. The van der Waals surface area contributed by atoms with Gasteiger partial charge in [-0.15, -0.1) is 0 Å². The normalized spacial score (nSPS) is 15.9. The topological polar surface area (TPSA) is 118 Å². The van der Waals surface area contributed by atoms with Gasteiger partial charge in [0.15, 0.2) is 5.84 Å². The largest absolute Gasteiger partial charge is 0.426 e. The van der Waals surface area contributed by atoms with Crippen molar-refractivity contribution in [3.05, 3.63) is 41.0 Å². The second-order valence-electron chi connectivity index (χ2n) is 6.16. The van der Waals surface area contributed by atoms with Gasteiger partial charge in [0.25, 0.3) is 5.91 Å². The number of hydrogen-bond acceptors (Lipinski definition) is 7. The van der Waals surface area contributed by atoms with Gasteiger partial charge in [0.1, 0.15) is 5.75 Å². The molecule has 0 atom stereocenters. The highest BCUT2D eigenvalue weighted by molar-refractivity contribution is 6.34. The molecule has 1 aromatic carbocycles. The molecule has 3 rings (SSSR count). The summed E-state index contributed by atoms with van der Waals surface area (Å²) in [7, 11) is 0. The van der Waals surface area contributed by atoms with Crippen molar-refractivity contribution in [3.8, 4) is 5.75 Å². The van der Waals surface area contributed by atoms with Crippen LogP contribution in [-0.2, 0) is 16.1 Å². The van der Waals surface area contributed by atoms with Crippen LogP contribution >= 0.6 is 0 Å². The molecular weight excluding hydrogens is 334 g/mol. The summed E-state index contributed by atoms with van der Waals surface area (Å²) >= 11 is 0. The number of amidine groups is 1. The summed E-state index contributed by atoms with van der Waals surface area (Å²) in [5.74, 6) is -0.195. The van der Waals surface area contributed by atoms with E-state index in [0.29, 0.717) is 35.8 Å². The number of carbonyl (C=O) groups excluding carboxylic acids is 2. The van der Waals surface area contributed by atoms with Gasteiger partial charge in [-0.3, -0.25) is 9.59 Å². The summed E-state index contributed by atoms with van der Waals surface area (Å²) in [5, 5.41) is 3.22. The number of hydrogen-bond donors (Lipinski definition) is 2. The summed E-state index contributed by atoms with van der Waals surface area (Å²) in [6, 6.07) is 7.31. The van der Waals surface area contributed by atoms with E-state index in [4.69, 9.17) is 10.5 Å². The van der Waals surface area contributed by atoms with Crippen LogP contribution in [0.3, 0.4) is 0 Å². The lowest BCUT2D eigenvalue weighted by Crippen LogP contribution is -2.25. The molecule has 0 spiro atoms. The summed E-state index contributed by atoms with van der Waals surface area (Å²) in [6.07, 6.45) is 1.58. The first-order chi connectivity index (χ1) is 12.5. The van der Waals surface area contributed by atoms with Crippen LogP contribution in [0.25, 0.3) is 0 Å². The molecule has 26 heavy (non-hydrogen) atoms. The number of aliphatic imine (C=N–C) groups is 3. The van der Waals surface area contributed by atoms with E-state index >= 15 is 0 Å². The van der Waals surface area contributed by atoms with E-state index in [0.717, 1.165) is 5.56 Å². The van der Waals surface area contributed by atoms with Gasteiger partial charge in [0.05, 0.1) is 11.5 Å². The smallest absolute Gasteiger partial charge is 0.313 e. The highest BCUT2D eigenvalue weighted by atomic mass is 16.5. The Bertz CT molecular complexity index is 881. The van der Waals surface area contributed by atoms with Crippen molar-refractivity contribution < 1.29 is 14.3 Å². The summed E-state index contributed by atoms with van der Waals surface area (Å²) < 4.78 is 5.42. The molecule has 1 aromatic rings. The lowest BCUT2D eigenvalue weighted by molar-refractivity contribution is -0.137. The Morgan fingerprint density at radius 1 is 1.23 bits per heavy atom. The van der Waals surface area contributed by atoms with Gasteiger partial charge < -0.3 is 15.8 Å². The Labute approximate surface area is 150 Å². The van der Waals surface area contributed by atoms with E-state index in [9.17, 15) is 9.59 Å². The maximum Gasteiger partial charge on any atom is 0.313 e. The average molecular weight is 353 g/mol. The molecule has 0 saturated heterocycles. The van der Waals surface area contributed by atoms with E-state index in [2.05, 4.69) is 20.3 Å². The zero-order chi connectivity index (χ0) is 18.7. The molecule has 2 aliphatic rings. The molecule has 3 N–H and O–H groups in total. The highest BCUT2D eigenvalue weighted by Gasteiger charge is 2.27. The quantitative estimate of drug-likeness (QED) is 0.583. The zero-order valence-corrected chi connectivity index (χ0v) is 14.5. The standard InChI is InChI=1S/C18H19N5O3/c1-10(2)17(25)26-13-6-4-3-5-11(13)7-20-8-12-9-21-15-14(12)16(24)23-18(19)22-15/h3-6,9-10,20H,7-8H2,1-2H3,(H2,19,23,24). The fourth-order valence-corrected chi connectivity index (χ4v) is 2.46. The molecule has 0 unspecified atom stereocenters. The molecule has 0 radical (unpaired) electrons. The van der Waals surface area contributed by atoms with Gasteiger partial charge in [-0.1, -0.05) is 32.0 Å². The van der Waals surface area contributed by atoms with Gasteiger partial charge in [0, 0.05) is 30.4 Å². The Morgan fingerprint density at radius 2 is 2.00 bits per heavy atom. The Morgan fingerprint density at radius 3 is 2.77 bits per heavy atom. The van der Waals surface area contributed by atoms with Gasteiger partial charge >= 0.3 is 5.97 Å². The van der Waals surface area contributed by atoms with Crippen LogP contribution in [0.4, 0.5) is 0 Å². The fraction of sp³-hybridized carbons (Fsp3) is 0.278. The number of para-hydroxylation sites is 1. The molecule has 0 saturated carbocycles. The number of carbonyl (C=O) groups is 2. The number of fused-ring (bicyclic) bond motifs is 1. The summed E-state index contributed by atoms with van der Waals surface area (Å²) in [5.41, 5.74) is 7.37. The first kappa shape index (κ1) is 17.7. The molecule has 0 fully saturated rings. The van der Waals surface area contributed by atoms with Gasteiger partial charge in [-0.2, -0.15) is 9.98 Å². The molecule has 2 aliphatic heterocycles. The summed E-state index contributed by atoms with van der Waals surface area (Å²) in [4.78, 5) is 35.5. The van der Waals surface area contributed by atoms with Crippen molar-refractivity contribution in [1.82, 2.24) is 5.32 Å². The van der Waals surface area contributed by atoms with E-state index in [1.165, 1.54) is 0 Å². The lowest BCUT2D eigenvalue weighted by Gasteiger charge is -2.12. The molecule has 1 amide bonds. The van der Waals surface area contributed by atoms with Gasteiger partial charge in [0.2, 0.25) is 5.96 Å². The van der Waals surface area contributed by atoms with Crippen LogP contribution < -0.4 is 15.8 Å². The first-order valence-electron chi connectivity index (χ1n) is 8.21. The van der Waals surface area contributed by atoms with Crippen molar-refractivity contribution in [2.75, 3.05) is 6.54 Å². The predicted molar refractivity (Wildman–Crippen MR) is 98.2 cm³/mol. The van der Waals surface area contributed by atoms with Crippen molar-refractivity contribution in [1.29, 1.82) is 0 Å². The third-order valence-corrected chi connectivity index (χ3v) is 3.82. The number of guanidine groups is 1. The molecule has 0 aromatic heterocycles. The number of rotatable bonds is 6. The Hall–Kier alpha value is -3.13. The summed E-state index contributed by atoms with van der Waals surface area (Å²) in [6.45, 7) is 4.42. The van der Waals surface area contributed by atoms with Crippen molar-refractivity contribution in [3.63, 3.8) is 0 Å². The SMILES string of the molecule is CC(C)C(=O)Oc1ccccc1CNCC1=C2C(=O)N=C(N)N=C2N=C1. The predicted octanol–water partition coefficient (Wildman–Crippen LogP) is 0.972. The number of ether oxygens (including phenoxy) is 1. The van der Waals surface area contributed by atoms with E-state index < -0.39 is 5.91 Å². The van der Waals surface area contributed by atoms with Crippen LogP contribution in [-0.4, -0.2) is 36.4 Å². The zero-order valence-electron chi connectivity index (χ0n) is 14.5. The van der Waals surface area contributed by atoms with Crippen LogP contribution in [0.15, 0.2) is 50.4 Å². The van der Waals surface area contributed by atoms with Gasteiger partial charge in [-0.25, -0.2) is 4.99 Å². The molecule has 134 valence electrons. The number of nitrogens with zero attached hydrogens (tertiary/aromatic N) is 3. The van der Waals surface area contributed by atoms with Crippen LogP contribution in [0.5, 0.6) is 5.75 Å². The third-order valence-electron chi connectivity index (χ3n) is 3.82. The first-order valence-corrected chi connectivity index (χ1v) is 8.21. The molecule has 0 bridgehead atoms. The molecular formula is C18H19N5O3.